The second-order valence-electron chi connectivity index (χ2n) is 5.02. The van der Waals surface area contributed by atoms with Crippen LogP contribution in [0, 0.1) is 0 Å². The SMILES string of the molecule is CCc1occc1C(=O)N1CCC(N)c2ccccc21. The average Bonchev–Trinajstić information content (AvgIpc) is 2.96. The number of rotatable bonds is 2. The van der Waals surface area contributed by atoms with Gasteiger partial charge in [0.15, 0.2) is 0 Å². The van der Waals surface area contributed by atoms with E-state index < -0.39 is 0 Å². The van der Waals surface area contributed by atoms with Crippen LogP contribution in [0.2, 0.25) is 0 Å². The molecule has 2 N–H and O–H groups in total. The first-order chi connectivity index (χ1) is 9.72. The highest BCUT2D eigenvalue weighted by Gasteiger charge is 2.28. The van der Waals surface area contributed by atoms with Gasteiger partial charge in [-0.15, -0.1) is 0 Å². The second-order valence-corrected chi connectivity index (χ2v) is 5.02. The molecule has 0 bridgehead atoms. The van der Waals surface area contributed by atoms with Crippen molar-refractivity contribution in [1.82, 2.24) is 0 Å². The highest BCUT2D eigenvalue weighted by atomic mass is 16.3. The quantitative estimate of drug-likeness (QED) is 0.912. The Hall–Kier alpha value is -2.07. The van der Waals surface area contributed by atoms with Gasteiger partial charge in [-0.2, -0.15) is 0 Å². The molecule has 1 atom stereocenters. The first-order valence-corrected chi connectivity index (χ1v) is 6.95. The smallest absolute Gasteiger partial charge is 0.261 e. The topological polar surface area (TPSA) is 59.5 Å². The third-order valence-corrected chi connectivity index (χ3v) is 3.83. The summed E-state index contributed by atoms with van der Waals surface area (Å²) in [6, 6.07) is 9.60. The molecule has 104 valence electrons. The molecule has 1 amide bonds. The van der Waals surface area contributed by atoms with Gasteiger partial charge in [0, 0.05) is 24.7 Å². The predicted molar refractivity (Wildman–Crippen MR) is 77.7 cm³/mol. The van der Waals surface area contributed by atoms with E-state index in [1.807, 2.05) is 36.1 Å². The molecule has 1 unspecified atom stereocenters. The fourth-order valence-corrected chi connectivity index (χ4v) is 2.75. The minimum atomic E-state index is -0.00468. The Labute approximate surface area is 118 Å². The van der Waals surface area contributed by atoms with Gasteiger partial charge in [0.2, 0.25) is 0 Å². The van der Waals surface area contributed by atoms with Crippen LogP contribution in [0.1, 0.15) is 41.1 Å². The predicted octanol–water partition coefficient (Wildman–Crippen LogP) is 2.89. The fourth-order valence-electron chi connectivity index (χ4n) is 2.75. The van der Waals surface area contributed by atoms with Crippen molar-refractivity contribution >= 4 is 11.6 Å². The minimum absolute atomic E-state index is 0.00468. The third kappa shape index (κ3) is 2.02. The van der Waals surface area contributed by atoms with Crippen LogP contribution in [0.3, 0.4) is 0 Å². The van der Waals surface area contributed by atoms with Crippen molar-refractivity contribution in [1.29, 1.82) is 0 Å². The second kappa shape index (κ2) is 5.13. The van der Waals surface area contributed by atoms with Crippen molar-refractivity contribution in [2.45, 2.75) is 25.8 Å². The summed E-state index contributed by atoms with van der Waals surface area (Å²) in [4.78, 5) is 14.5. The first kappa shape index (κ1) is 12.9. The summed E-state index contributed by atoms with van der Waals surface area (Å²) in [5, 5.41) is 0. The molecule has 4 nitrogen and oxygen atoms in total. The molecular formula is C16H18N2O2. The van der Waals surface area contributed by atoms with Crippen LogP contribution < -0.4 is 10.6 Å². The zero-order valence-electron chi connectivity index (χ0n) is 11.5. The van der Waals surface area contributed by atoms with E-state index in [0.717, 1.165) is 23.4 Å². The Kier molecular flexibility index (Phi) is 3.32. The fraction of sp³-hybridized carbons (Fsp3) is 0.312. The number of hydrogen-bond acceptors (Lipinski definition) is 3. The van der Waals surface area contributed by atoms with Gasteiger partial charge in [0.05, 0.1) is 11.8 Å². The Balaban J connectivity index is 2.00. The summed E-state index contributed by atoms with van der Waals surface area (Å²) < 4.78 is 5.36. The van der Waals surface area contributed by atoms with Crippen LogP contribution in [-0.4, -0.2) is 12.5 Å². The molecule has 1 aromatic heterocycles. The average molecular weight is 270 g/mol. The van der Waals surface area contributed by atoms with E-state index in [4.69, 9.17) is 10.2 Å². The number of aryl methyl sites for hydroxylation is 1. The molecule has 0 fully saturated rings. The summed E-state index contributed by atoms with van der Waals surface area (Å²) >= 11 is 0. The van der Waals surface area contributed by atoms with Crippen LogP contribution in [0.25, 0.3) is 0 Å². The van der Waals surface area contributed by atoms with Crippen molar-refractivity contribution in [2.24, 2.45) is 5.73 Å². The summed E-state index contributed by atoms with van der Waals surface area (Å²) in [6.07, 6.45) is 3.07. The lowest BCUT2D eigenvalue weighted by Crippen LogP contribution is -2.38. The summed E-state index contributed by atoms with van der Waals surface area (Å²) in [5.74, 6) is 0.734. The van der Waals surface area contributed by atoms with Crippen LogP contribution >= 0.6 is 0 Å². The van der Waals surface area contributed by atoms with Gasteiger partial charge in [0.1, 0.15) is 5.76 Å². The van der Waals surface area contributed by atoms with E-state index in [0.29, 0.717) is 18.5 Å². The Morgan fingerprint density at radius 2 is 2.20 bits per heavy atom. The molecule has 0 spiro atoms. The molecule has 0 radical (unpaired) electrons. The lowest BCUT2D eigenvalue weighted by atomic mass is 9.96. The Morgan fingerprint density at radius 3 is 3.00 bits per heavy atom. The minimum Gasteiger partial charge on any atom is -0.469 e. The lowest BCUT2D eigenvalue weighted by Gasteiger charge is -2.32. The maximum absolute atomic E-state index is 12.7. The highest BCUT2D eigenvalue weighted by Crippen LogP contribution is 2.33. The highest BCUT2D eigenvalue weighted by molar-refractivity contribution is 6.07. The number of furan rings is 1. The lowest BCUT2D eigenvalue weighted by molar-refractivity contribution is 0.0982. The monoisotopic (exact) mass is 270 g/mol. The molecule has 1 aliphatic rings. The number of para-hydroxylation sites is 1. The molecule has 0 aliphatic carbocycles. The first-order valence-electron chi connectivity index (χ1n) is 6.95. The van der Waals surface area contributed by atoms with E-state index in [1.165, 1.54) is 0 Å². The third-order valence-electron chi connectivity index (χ3n) is 3.83. The number of nitrogens with zero attached hydrogens (tertiary/aromatic N) is 1. The number of anilines is 1. The van der Waals surface area contributed by atoms with Gasteiger partial charge in [-0.3, -0.25) is 4.79 Å². The molecule has 1 aliphatic heterocycles. The summed E-state index contributed by atoms with van der Waals surface area (Å²) in [5.41, 5.74) is 8.73. The van der Waals surface area contributed by atoms with E-state index in [9.17, 15) is 4.79 Å². The van der Waals surface area contributed by atoms with Crippen LogP contribution in [-0.2, 0) is 6.42 Å². The Morgan fingerprint density at radius 1 is 1.40 bits per heavy atom. The van der Waals surface area contributed by atoms with E-state index in [2.05, 4.69) is 0 Å². The van der Waals surface area contributed by atoms with Crippen molar-refractivity contribution in [3.8, 4) is 0 Å². The summed E-state index contributed by atoms with van der Waals surface area (Å²) in [6.45, 7) is 2.63. The maximum Gasteiger partial charge on any atom is 0.261 e. The molecule has 2 heterocycles. The number of carbonyl (C=O) groups excluding carboxylic acids is 1. The molecule has 0 saturated heterocycles. The zero-order valence-corrected chi connectivity index (χ0v) is 11.5. The standard InChI is InChI=1S/C16H18N2O2/c1-2-15-12(8-10-20-15)16(19)18-9-7-13(17)11-5-3-4-6-14(11)18/h3-6,8,10,13H,2,7,9,17H2,1H3. The van der Waals surface area contributed by atoms with Crippen molar-refractivity contribution in [3.05, 3.63) is 53.5 Å². The Bertz CT molecular complexity index is 633. The summed E-state index contributed by atoms with van der Waals surface area (Å²) in [7, 11) is 0. The van der Waals surface area contributed by atoms with Gasteiger partial charge in [-0.1, -0.05) is 25.1 Å². The van der Waals surface area contributed by atoms with Crippen LogP contribution in [0.15, 0.2) is 41.0 Å². The largest absolute Gasteiger partial charge is 0.469 e. The van der Waals surface area contributed by atoms with Crippen molar-refractivity contribution in [3.63, 3.8) is 0 Å². The molecule has 0 saturated carbocycles. The van der Waals surface area contributed by atoms with Gasteiger partial charge < -0.3 is 15.1 Å². The van der Waals surface area contributed by atoms with Crippen LogP contribution in [0.4, 0.5) is 5.69 Å². The van der Waals surface area contributed by atoms with Crippen LogP contribution in [0.5, 0.6) is 0 Å². The van der Waals surface area contributed by atoms with Crippen molar-refractivity contribution < 1.29 is 9.21 Å². The molecule has 3 rings (SSSR count). The maximum atomic E-state index is 12.7. The van der Waals surface area contributed by atoms with E-state index in [1.54, 1.807) is 12.3 Å². The molecular weight excluding hydrogens is 252 g/mol. The zero-order chi connectivity index (χ0) is 14.1. The van der Waals surface area contributed by atoms with Gasteiger partial charge in [-0.05, 0) is 24.1 Å². The number of benzene rings is 1. The number of amides is 1. The number of fused-ring (bicyclic) bond motifs is 1. The molecule has 1 aromatic carbocycles. The number of hydrogen-bond donors (Lipinski definition) is 1. The van der Waals surface area contributed by atoms with E-state index in [-0.39, 0.29) is 11.9 Å². The molecule has 2 aromatic rings. The number of carbonyl (C=O) groups is 1. The molecule has 4 heteroatoms. The van der Waals surface area contributed by atoms with Gasteiger partial charge in [-0.25, -0.2) is 0 Å². The number of nitrogens with two attached hydrogens (primary N) is 1. The van der Waals surface area contributed by atoms with E-state index >= 15 is 0 Å². The normalized spacial score (nSPS) is 17.9. The van der Waals surface area contributed by atoms with Crippen molar-refractivity contribution in [2.75, 3.05) is 11.4 Å². The van der Waals surface area contributed by atoms with Gasteiger partial charge in [0.25, 0.3) is 5.91 Å². The van der Waals surface area contributed by atoms with Gasteiger partial charge >= 0.3 is 0 Å². The molecule has 20 heavy (non-hydrogen) atoms.